The number of hydrogen-bond acceptors (Lipinski definition) is 3. The zero-order valence-corrected chi connectivity index (χ0v) is 6.88. The van der Waals surface area contributed by atoms with Crippen LogP contribution in [0, 0.1) is 0 Å². The largest absolute Gasteiger partial charge is 0.467 e. The summed E-state index contributed by atoms with van der Waals surface area (Å²) in [6, 6.07) is 0. The molecule has 12 heavy (non-hydrogen) atoms. The average molecular weight is 174 g/mol. The van der Waals surface area contributed by atoms with Crippen molar-refractivity contribution in [3.8, 4) is 0 Å². The Labute approximate surface area is 69.8 Å². The second kappa shape index (κ2) is 2.42. The van der Waals surface area contributed by atoms with E-state index in [9.17, 15) is 9.18 Å². The first-order valence-corrected chi connectivity index (χ1v) is 4.09. The highest BCUT2D eigenvalue weighted by atomic mass is 19.1. The summed E-state index contributed by atoms with van der Waals surface area (Å²) in [4.78, 5) is 11.0. The molecule has 2 aliphatic heterocycles. The fourth-order valence-corrected chi connectivity index (χ4v) is 2.04. The van der Waals surface area contributed by atoms with Gasteiger partial charge in [-0.3, -0.25) is 0 Å². The van der Waals surface area contributed by atoms with Crippen molar-refractivity contribution in [2.75, 3.05) is 7.11 Å². The molecular weight excluding hydrogens is 163 g/mol. The monoisotopic (exact) mass is 174 g/mol. The first-order valence-electron chi connectivity index (χ1n) is 4.09. The average Bonchev–Trinajstić information content (AvgIpc) is 2.62. The van der Waals surface area contributed by atoms with Gasteiger partial charge >= 0.3 is 5.97 Å². The smallest absolute Gasteiger partial charge is 0.346 e. The summed E-state index contributed by atoms with van der Waals surface area (Å²) in [5, 5.41) is 0. The molecule has 68 valence electrons. The fraction of sp³-hybridized carbons (Fsp3) is 0.875. The van der Waals surface area contributed by atoms with Gasteiger partial charge in [-0.2, -0.15) is 0 Å². The van der Waals surface area contributed by atoms with Gasteiger partial charge in [-0.25, -0.2) is 9.18 Å². The van der Waals surface area contributed by atoms with E-state index >= 15 is 0 Å². The second-order valence-corrected chi connectivity index (χ2v) is 3.38. The summed E-state index contributed by atoms with van der Waals surface area (Å²) in [6.07, 6.45) is 1.04. The Balaban J connectivity index is 2.17. The lowest BCUT2D eigenvalue weighted by atomic mass is 9.86. The molecule has 2 heterocycles. The molecular formula is C8H11FO3. The number of fused-ring (bicyclic) bond motifs is 2. The molecule has 2 rings (SSSR count). The van der Waals surface area contributed by atoms with Gasteiger partial charge < -0.3 is 9.47 Å². The van der Waals surface area contributed by atoms with Crippen LogP contribution in [-0.4, -0.2) is 31.0 Å². The van der Waals surface area contributed by atoms with E-state index in [0.29, 0.717) is 6.42 Å². The number of carbonyl (C=O) groups excluding carboxylic acids is 1. The summed E-state index contributed by atoms with van der Waals surface area (Å²) < 4.78 is 23.4. The highest BCUT2D eigenvalue weighted by Gasteiger charge is 2.59. The van der Waals surface area contributed by atoms with Crippen LogP contribution in [0.4, 0.5) is 4.39 Å². The quantitative estimate of drug-likeness (QED) is 0.552. The lowest BCUT2D eigenvalue weighted by molar-refractivity contribution is -0.158. The molecule has 0 saturated carbocycles. The first-order chi connectivity index (χ1) is 5.66. The lowest BCUT2D eigenvalue weighted by Gasteiger charge is -2.23. The van der Waals surface area contributed by atoms with E-state index in [4.69, 9.17) is 4.74 Å². The third kappa shape index (κ3) is 0.874. The van der Waals surface area contributed by atoms with Crippen molar-refractivity contribution in [3.63, 3.8) is 0 Å². The molecule has 4 heteroatoms. The SMILES string of the molecule is COC(=O)[C@@]1(F)C[C@@H]2CC[C@@H]1O2. The van der Waals surface area contributed by atoms with E-state index < -0.39 is 17.7 Å². The standard InChI is InChI=1S/C8H11FO3/c1-11-7(10)8(9)4-5-2-3-6(8)12-5/h5-6H,2-4H2,1H3/t5-,6-,8+/m0/s1. The van der Waals surface area contributed by atoms with Gasteiger partial charge in [0, 0.05) is 6.42 Å². The van der Waals surface area contributed by atoms with Crippen molar-refractivity contribution in [2.45, 2.75) is 37.1 Å². The predicted octanol–water partition coefficient (Wildman–Crippen LogP) is 0.819. The van der Waals surface area contributed by atoms with E-state index in [2.05, 4.69) is 4.74 Å². The number of carbonyl (C=O) groups is 1. The molecule has 0 aromatic carbocycles. The molecule has 0 aliphatic carbocycles. The van der Waals surface area contributed by atoms with Crippen LogP contribution in [0.2, 0.25) is 0 Å². The van der Waals surface area contributed by atoms with Crippen LogP contribution in [0.25, 0.3) is 0 Å². The Kier molecular flexibility index (Phi) is 1.61. The summed E-state index contributed by atoms with van der Waals surface area (Å²) in [7, 11) is 1.20. The van der Waals surface area contributed by atoms with Crippen molar-refractivity contribution in [2.24, 2.45) is 0 Å². The van der Waals surface area contributed by atoms with Crippen molar-refractivity contribution in [3.05, 3.63) is 0 Å². The third-order valence-electron chi connectivity index (χ3n) is 2.67. The highest BCUT2D eigenvalue weighted by molar-refractivity contribution is 5.81. The van der Waals surface area contributed by atoms with Crippen molar-refractivity contribution in [1.29, 1.82) is 0 Å². The molecule has 0 unspecified atom stereocenters. The van der Waals surface area contributed by atoms with Crippen LogP contribution >= 0.6 is 0 Å². The molecule has 3 atom stereocenters. The molecule has 2 saturated heterocycles. The highest BCUT2D eigenvalue weighted by Crippen LogP contribution is 2.44. The van der Waals surface area contributed by atoms with Crippen molar-refractivity contribution >= 4 is 5.97 Å². The van der Waals surface area contributed by atoms with Gasteiger partial charge in [0.25, 0.3) is 0 Å². The normalized spacial score (nSPS) is 44.8. The molecule has 2 aliphatic rings. The number of halogens is 1. The number of esters is 1. The van der Waals surface area contributed by atoms with Gasteiger partial charge in [-0.1, -0.05) is 0 Å². The molecule has 0 N–H and O–H groups in total. The zero-order chi connectivity index (χ0) is 8.77. The number of methoxy groups -OCH3 is 1. The molecule has 0 aromatic rings. The molecule has 2 fully saturated rings. The molecule has 0 spiro atoms. The van der Waals surface area contributed by atoms with Crippen LogP contribution in [0.1, 0.15) is 19.3 Å². The minimum absolute atomic E-state index is 0.0703. The number of alkyl halides is 1. The minimum atomic E-state index is -1.86. The van der Waals surface area contributed by atoms with E-state index in [1.165, 1.54) is 7.11 Å². The summed E-state index contributed by atoms with van der Waals surface area (Å²) in [6.45, 7) is 0. The Morgan fingerprint density at radius 3 is 2.83 bits per heavy atom. The minimum Gasteiger partial charge on any atom is -0.467 e. The number of ether oxygens (including phenoxy) is 2. The Morgan fingerprint density at radius 1 is 1.67 bits per heavy atom. The summed E-state index contributed by atoms with van der Waals surface area (Å²) >= 11 is 0. The molecule has 0 aromatic heterocycles. The third-order valence-corrected chi connectivity index (χ3v) is 2.67. The zero-order valence-electron chi connectivity index (χ0n) is 6.88. The maximum atomic E-state index is 13.8. The fourth-order valence-electron chi connectivity index (χ4n) is 2.04. The Bertz CT molecular complexity index is 218. The van der Waals surface area contributed by atoms with Gasteiger partial charge in [-0.15, -0.1) is 0 Å². The molecule has 2 bridgehead atoms. The van der Waals surface area contributed by atoms with Gasteiger partial charge in [0.2, 0.25) is 5.67 Å². The van der Waals surface area contributed by atoms with Crippen LogP contribution in [0.15, 0.2) is 0 Å². The maximum absolute atomic E-state index is 13.8. The topological polar surface area (TPSA) is 35.5 Å². The van der Waals surface area contributed by atoms with Crippen LogP contribution in [0.5, 0.6) is 0 Å². The lowest BCUT2D eigenvalue weighted by Crippen LogP contribution is -2.43. The summed E-state index contributed by atoms with van der Waals surface area (Å²) in [5.41, 5.74) is -1.86. The first kappa shape index (κ1) is 7.98. The van der Waals surface area contributed by atoms with Gasteiger partial charge in [0.05, 0.1) is 13.2 Å². The van der Waals surface area contributed by atoms with Crippen molar-refractivity contribution in [1.82, 2.24) is 0 Å². The maximum Gasteiger partial charge on any atom is 0.346 e. The van der Waals surface area contributed by atoms with Gasteiger partial charge in [0.15, 0.2) is 0 Å². The number of hydrogen-bond donors (Lipinski definition) is 0. The van der Waals surface area contributed by atoms with Gasteiger partial charge in [0.1, 0.15) is 6.10 Å². The van der Waals surface area contributed by atoms with Crippen LogP contribution < -0.4 is 0 Å². The predicted molar refractivity (Wildman–Crippen MR) is 38.4 cm³/mol. The van der Waals surface area contributed by atoms with Crippen LogP contribution in [0.3, 0.4) is 0 Å². The van der Waals surface area contributed by atoms with E-state index in [0.717, 1.165) is 6.42 Å². The Hall–Kier alpha value is -0.640. The van der Waals surface area contributed by atoms with E-state index in [1.54, 1.807) is 0 Å². The van der Waals surface area contributed by atoms with Crippen LogP contribution in [-0.2, 0) is 14.3 Å². The summed E-state index contributed by atoms with van der Waals surface area (Å²) in [5.74, 6) is -0.783. The number of rotatable bonds is 1. The second-order valence-electron chi connectivity index (χ2n) is 3.38. The molecule has 0 amide bonds. The van der Waals surface area contributed by atoms with Gasteiger partial charge in [-0.05, 0) is 12.8 Å². The molecule has 3 nitrogen and oxygen atoms in total. The Morgan fingerprint density at radius 2 is 2.42 bits per heavy atom. The van der Waals surface area contributed by atoms with E-state index in [1.807, 2.05) is 0 Å². The molecule has 0 radical (unpaired) electrons. The van der Waals surface area contributed by atoms with E-state index in [-0.39, 0.29) is 12.5 Å². The van der Waals surface area contributed by atoms with Crippen molar-refractivity contribution < 1.29 is 18.7 Å².